The first-order valence-corrected chi connectivity index (χ1v) is 6.18. The van der Waals surface area contributed by atoms with E-state index in [1.54, 1.807) is 6.20 Å². The average Bonchev–Trinajstić information content (AvgIpc) is 2.93. The van der Waals surface area contributed by atoms with Crippen molar-refractivity contribution in [3.05, 3.63) is 42.2 Å². The van der Waals surface area contributed by atoms with Crippen LogP contribution in [0.2, 0.25) is 0 Å². The zero-order valence-electron chi connectivity index (χ0n) is 10.4. The topological polar surface area (TPSA) is 57.8 Å². The molecule has 4 heteroatoms. The van der Waals surface area contributed by atoms with Crippen LogP contribution < -0.4 is 5.32 Å². The van der Waals surface area contributed by atoms with Crippen LogP contribution in [0.3, 0.4) is 0 Å². The quantitative estimate of drug-likeness (QED) is 0.793. The summed E-state index contributed by atoms with van der Waals surface area (Å²) in [5, 5.41) is 9.59. The van der Waals surface area contributed by atoms with Crippen LogP contribution in [0.4, 0.5) is 0 Å². The van der Waals surface area contributed by atoms with Crippen LogP contribution in [-0.4, -0.2) is 22.6 Å². The summed E-state index contributed by atoms with van der Waals surface area (Å²) in [4.78, 5) is 11.9. The second-order valence-electron chi connectivity index (χ2n) is 4.18. The van der Waals surface area contributed by atoms with E-state index in [0.29, 0.717) is 5.56 Å². The molecule has 0 fully saturated rings. The van der Waals surface area contributed by atoms with Gasteiger partial charge in [0.2, 0.25) is 0 Å². The molecular formula is C14H17N3O. The standard InChI is InChI=1S/C14H17N3O/c1-2-3-7-15-14(18)12-6-4-5-11(8-12)13-9-16-17-10-13/h4-6,8-10H,2-3,7H2,1H3,(H,15,18)(H,16,17). The molecule has 0 unspecified atom stereocenters. The van der Waals surface area contributed by atoms with Gasteiger partial charge >= 0.3 is 0 Å². The molecule has 2 N–H and O–H groups in total. The van der Waals surface area contributed by atoms with Gasteiger partial charge in [-0.2, -0.15) is 5.10 Å². The lowest BCUT2D eigenvalue weighted by atomic mass is 10.1. The Morgan fingerprint density at radius 1 is 1.39 bits per heavy atom. The molecule has 0 aliphatic rings. The van der Waals surface area contributed by atoms with Gasteiger partial charge in [-0.15, -0.1) is 0 Å². The number of carbonyl (C=O) groups excluding carboxylic acids is 1. The molecule has 2 aromatic rings. The van der Waals surface area contributed by atoms with E-state index in [4.69, 9.17) is 0 Å². The molecule has 18 heavy (non-hydrogen) atoms. The van der Waals surface area contributed by atoms with Crippen LogP contribution in [0.25, 0.3) is 11.1 Å². The molecule has 0 spiro atoms. The lowest BCUT2D eigenvalue weighted by molar-refractivity contribution is 0.0953. The van der Waals surface area contributed by atoms with Crippen LogP contribution in [0.1, 0.15) is 30.1 Å². The highest BCUT2D eigenvalue weighted by molar-refractivity contribution is 5.95. The summed E-state index contributed by atoms with van der Waals surface area (Å²) >= 11 is 0. The molecule has 0 aliphatic heterocycles. The molecular weight excluding hydrogens is 226 g/mol. The van der Waals surface area contributed by atoms with Crippen molar-refractivity contribution in [1.82, 2.24) is 15.5 Å². The predicted molar refractivity (Wildman–Crippen MR) is 71.3 cm³/mol. The van der Waals surface area contributed by atoms with E-state index in [1.165, 1.54) is 0 Å². The molecule has 1 aromatic heterocycles. The fourth-order valence-electron chi connectivity index (χ4n) is 1.73. The minimum Gasteiger partial charge on any atom is -0.352 e. The van der Waals surface area contributed by atoms with E-state index in [1.807, 2.05) is 30.5 Å². The summed E-state index contributed by atoms with van der Waals surface area (Å²) in [6.45, 7) is 2.83. The van der Waals surface area contributed by atoms with E-state index in [9.17, 15) is 4.79 Å². The van der Waals surface area contributed by atoms with Gasteiger partial charge in [-0.3, -0.25) is 9.89 Å². The van der Waals surface area contributed by atoms with E-state index in [0.717, 1.165) is 30.5 Å². The maximum absolute atomic E-state index is 11.9. The Morgan fingerprint density at radius 2 is 2.28 bits per heavy atom. The second kappa shape index (κ2) is 6.00. The molecule has 0 aliphatic carbocycles. The van der Waals surface area contributed by atoms with Crippen LogP contribution >= 0.6 is 0 Å². The Morgan fingerprint density at radius 3 is 3.00 bits per heavy atom. The third kappa shape index (κ3) is 2.97. The van der Waals surface area contributed by atoms with Crippen molar-refractivity contribution in [2.24, 2.45) is 0 Å². The molecule has 0 radical (unpaired) electrons. The van der Waals surface area contributed by atoms with Gasteiger partial charge < -0.3 is 5.32 Å². The van der Waals surface area contributed by atoms with Crippen molar-refractivity contribution in [2.75, 3.05) is 6.54 Å². The van der Waals surface area contributed by atoms with E-state index in [-0.39, 0.29) is 5.91 Å². The fraction of sp³-hybridized carbons (Fsp3) is 0.286. The largest absolute Gasteiger partial charge is 0.352 e. The van der Waals surface area contributed by atoms with Crippen molar-refractivity contribution < 1.29 is 4.79 Å². The van der Waals surface area contributed by atoms with Crippen molar-refractivity contribution in [2.45, 2.75) is 19.8 Å². The number of hydrogen-bond acceptors (Lipinski definition) is 2. The molecule has 0 saturated heterocycles. The van der Waals surface area contributed by atoms with E-state index >= 15 is 0 Å². The predicted octanol–water partition coefficient (Wildman–Crippen LogP) is 2.61. The van der Waals surface area contributed by atoms with Gasteiger partial charge in [0.25, 0.3) is 5.91 Å². The third-order valence-electron chi connectivity index (χ3n) is 2.77. The van der Waals surface area contributed by atoms with Gasteiger partial charge in [-0.05, 0) is 24.1 Å². The van der Waals surface area contributed by atoms with Gasteiger partial charge in [0.1, 0.15) is 0 Å². The zero-order valence-corrected chi connectivity index (χ0v) is 10.4. The first-order chi connectivity index (χ1) is 8.81. The van der Waals surface area contributed by atoms with Crippen molar-refractivity contribution in [1.29, 1.82) is 0 Å². The number of nitrogens with zero attached hydrogens (tertiary/aromatic N) is 1. The van der Waals surface area contributed by atoms with Gasteiger partial charge in [-0.1, -0.05) is 25.5 Å². The number of amides is 1. The SMILES string of the molecule is CCCCNC(=O)c1cccc(-c2cn[nH]c2)c1. The van der Waals surface area contributed by atoms with E-state index in [2.05, 4.69) is 22.4 Å². The highest BCUT2D eigenvalue weighted by atomic mass is 16.1. The van der Waals surface area contributed by atoms with Gasteiger partial charge in [0.15, 0.2) is 0 Å². The monoisotopic (exact) mass is 243 g/mol. The molecule has 1 heterocycles. The lowest BCUT2D eigenvalue weighted by Gasteiger charge is -2.05. The molecule has 0 saturated carbocycles. The number of H-pyrrole nitrogens is 1. The van der Waals surface area contributed by atoms with Gasteiger partial charge in [0, 0.05) is 23.9 Å². The average molecular weight is 243 g/mol. The number of benzene rings is 1. The molecule has 1 aromatic carbocycles. The first kappa shape index (κ1) is 12.4. The maximum atomic E-state index is 11.9. The third-order valence-corrected chi connectivity index (χ3v) is 2.77. The summed E-state index contributed by atoms with van der Waals surface area (Å²) in [5.74, 6) is -0.0196. The molecule has 94 valence electrons. The van der Waals surface area contributed by atoms with Crippen molar-refractivity contribution >= 4 is 5.91 Å². The minimum atomic E-state index is -0.0196. The van der Waals surface area contributed by atoms with E-state index < -0.39 is 0 Å². The van der Waals surface area contributed by atoms with Crippen LogP contribution in [0.15, 0.2) is 36.7 Å². The molecule has 4 nitrogen and oxygen atoms in total. The van der Waals surface area contributed by atoms with Crippen LogP contribution in [0, 0.1) is 0 Å². The summed E-state index contributed by atoms with van der Waals surface area (Å²) in [7, 11) is 0. The minimum absolute atomic E-state index is 0.0196. The number of unbranched alkanes of at least 4 members (excludes halogenated alkanes) is 1. The number of rotatable bonds is 5. The van der Waals surface area contributed by atoms with Gasteiger partial charge in [-0.25, -0.2) is 0 Å². The Bertz CT molecular complexity index is 506. The summed E-state index contributed by atoms with van der Waals surface area (Å²) in [6.07, 6.45) is 5.64. The highest BCUT2D eigenvalue weighted by Crippen LogP contribution is 2.18. The van der Waals surface area contributed by atoms with Crippen LogP contribution in [0.5, 0.6) is 0 Å². The second-order valence-corrected chi connectivity index (χ2v) is 4.18. The Balaban J connectivity index is 2.10. The Kier molecular flexibility index (Phi) is 4.12. The summed E-state index contributed by atoms with van der Waals surface area (Å²) in [6, 6.07) is 7.56. The number of nitrogens with one attached hydrogen (secondary N) is 2. The Hall–Kier alpha value is -2.10. The maximum Gasteiger partial charge on any atom is 0.251 e. The first-order valence-electron chi connectivity index (χ1n) is 6.18. The molecule has 2 rings (SSSR count). The fourth-order valence-corrected chi connectivity index (χ4v) is 1.73. The molecule has 0 bridgehead atoms. The highest BCUT2D eigenvalue weighted by Gasteiger charge is 2.06. The zero-order chi connectivity index (χ0) is 12.8. The number of aromatic amines is 1. The molecule has 1 amide bonds. The number of hydrogen-bond donors (Lipinski definition) is 2. The number of aromatic nitrogens is 2. The van der Waals surface area contributed by atoms with Crippen molar-refractivity contribution in [3.8, 4) is 11.1 Å². The van der Waals surface area contributed by atoms with Crippen LogP contribution in [-0.2, 0) is 0 Å². The van der Waals surface area contributed by atoms with Crippen molar-refractivity contribution in [3.63, 3.8) is 0 Å². The molecule has 0 atom stereocenters. The lowest BCUT2D eigenvalue weighted by Crippen LogP contribution is -2.24. The summed E-state index contributed by atoms with van der Waals surface area (Å²) in [5.41, 5.74) is 2.66. The number of carbonyl (C=O) groups is 1. The van der Waals surface area contributed by atoms with Gasteiger partial charge in [0.05, 0.1) is 6.20 Å². The smallest absolute Gasteiger partial charge is 0.251 e. The normalized spacial score (nSPS) is 10.3. The Labute approximate surface area is 106 Å². The summed E-state index contributed by atoms with van der Waals surface area (Å²) < 4.78 is 0.